The first-order valence-corrected chi connectivity index (χ1v) is 23.2. The maximum atomic E-state index is 12.4. The molecule has 0 aromatic heterocycles. The fourth-order valence-electron chi connectivity index (χ4n) is 6.56. The van der Waals surface area contributed by atoms with Crippen LogP contribution >= 0.6 is 7.82 Å². The molecule has 0 saturated carbocycles. The van der Waals surface area contributed by atoms with E-state index in [0.29, 0.717) is 6.42 Å². The molecule has 0 amide bonds. The summed E-state index contributed by atoms with van der Waals surface area (Å²) in [7, 11) is -4.75. The normalized spacial score (nSPS) is 12.4. The highest BCUT2D eigenvalue weighted by molar-refractivity contribution is 7.46. The molecule has 0 bridgehead atoms. The second-order valence-corrected chi connectivity index (χ2v) is 16.8. The van der Waals surface area contributed by atoms with Gasteiger partial charge in [-0.05, 0) is 18.8 Å². The van der Waals surface area contributed by atoms with E-state index in [1.807, 2.05) is 0 Å². The molecule has 0 aromatic rings. The van der Waals surface area contributed by atoms with Crippen LogP contribution in [0.5, 0.6) is 0 Å². The van der Waals surface area contributed by atoms with Crippen LogP contribution in [-0.4, -0.2) is 41.0 Å². The van der Waals surface area contributed by atoms with Gasteiger partial charge in [0.1, 0.15) is 6.61 Å². The van der Waals surface area contributed by atoms with E-state index >= 15 is 0 Å². The van der Waals surface area contributed by atoms with Crippen LogP contribution in [0.1, 0.15) is 233 Å². The van der Waals surface area contributed by atoms with Gasteiger partial charge < -0.3 is 19.3 Å². The summed E-state index contributed by atoms with van der Waals surface area (Å²) in [6.07, 6.45) is 38.2. The van der Waals surface area contributed by atoms with E-state index in [1.165, 1.54) is 161 Å². The lowest BCUT2D eigenvalue weighted by Crippen LogP contribution is -2.29. The van der Waals surface area contributed by atoms with E-state index in [-0.39, 0.29) is 19.4 Å². The fraction of sp³-hybridized carbons (Fsp3) is 0.952. The Kier molecular flexibility index (Phi) is 36.7. The number of esters is 2. The minimum atomic E-state index is -4.75. The minimum absolute atomic E-state index is 0.219. The van der Waals surface area contributed by atoms with Crippen molar-refractivity contribution >= 4 is 19.8 Å². The molecular weight excluding hydrogens is 663 g/mol. The Morgan fingerprint density at radius 1 is 0.490 bits per heavy atom. The third-order valence-corrected chi connectivity index (χ3v) is 10.3. The SMILES string of the molecule is CCCCCCCCCCCCCCCCCCC(=O)OC[C@H](COP(=O)(O)O)OC(=O)CCCCCCCCCCCCCCCCC(C)C. The Morgan fingerprint density at radius 3 is 1.18 bits per heavy atom. The van der Waals surface area contributed by atoms with Crippen molar-refractivity contribution in [2.45, 2.75) is 239 Å². The second-order valence-electron chi connectivity index (χ2n) is 15.5. The predicted molar refractivity (Wildman–Crippen MR) is 212 cm³/mol. The van der Waals surface area contributed by atoms with Crippen LogP contribution in [-0.2, 0) is 28.2 Å². The summed E-state index contributed by atoms with van der Waals surface area (Å²) >= 11 is 0. The molecule has 0 heterocycles. The number of unbranched alkanes of at least 4 members (excludes halogenated alkanes) is 28. The third-order valence-electron chi connectivity index (χ3n) is 9.80. The third kappa shape index (κ3) is 41.7. The summed E-state index contributed by atoms with van der Waals surface area (Å²) in [6.45, 7) is 6.06. The van der Waals surface area contributed by atoms with Gasteiger partial charge in [-0.1, -0.05) is 207 Å². The molecule has 0 aromatic carbocycles. The van der Waals surface area contributed by atoms with E-state index in [2.05, 4.69) is 25.3 Å². The van der Waals surface area contributed by atoms with Gasteiger partial charge in [-0.25, -0.2) is 4.57 Å². The molecule has 9 heteroatoms. The Bertz CT molecular complexity index is 815. The summed E-state index contributed by atoms with van der Waals surface area (Å²) in [5.74, 6) is -0.0367. The fourth-order valence-corrected chi connectivity index (χ4v) is 6.92. The first-order valence-electron chi connectivity index (χ1n) is 21.7. The average Bonchev–Trinajstić information content (AvgIpc) is 3.08. The van der Waals surface area contributed by atoms with Gasteiger partial charge in [-0.2, -0.15) is 0 Å². The highest BCUT2D eigenvalue weighted by atomic mass is 31.2. The maximum absolute atomic E-state index is 12.4. The van der Waals surface area contributed by atoms with Crippen LogP contribution in [0.3, 0.4) is 0 Å². The van der Waals surface area contributed by atoms with E-state index in [4.69, 9.17) is 19.3 Å². The summed E-state index contributed by atoms with van der Waals surface area (Å²) in [6, 6.07) is 0. The summed E-state index contributed by atoms with van der Waals surface area (Å²) in [4.78, 5) is 42.9. The molecule has 0 aliphatic heterocycles. The molecule has 51 heavy (non-hydrogen) atoms. The smallest absolute Gasteiger partial charge is 0.462 e. The van der Waals surface area contributed by atoms with Crippen molar-refractivity contribution in [3.63, 3.8) is 0 Å². The number of phosphoric ester groups is 1. The molecule has 0 rings (SSSR count). The molecule has 0 fully saturated rings. The predicted octanol–water partition coefficient (Wildman–Crippen LogP) is 13.1. The Morgan fingerprint density at radius 2 is 0.824 bits per heavy atom. The van der Waals surface area contributed by atoms with Crippen LogP contribution in [0, 0.1) is 5.92 Å². The van der Waals surface area contributed by atoms with E-state index in [0.717, 1.165) is 38.0 Å². The summed E-state index contributed by atoms with van der Waals surface area (Å²) < 4.78 is 26.4. The molecule has 0 aliphatic rings. The lowest BCUT2D eigenvalue weighted by atomic mass is 10.0. The molecular formula is C42H83O8P. The standard InChI is InChI=1S/C42H83O8P/c1-4-5-6-7-8-9-10-11-12-13-17-20-23-26-29-32-35-41(43)48-37-40(38-49-51(45,46)47)50-42(44)36-33-30-27-24-21-18-15-14-16-19-22-25-28-31-34-39(2)3/h39-40H,4-38H2,1-3H3,(H2,45,46,47)/t40-/m1/s1. The average molecular weight is 747 g/mol. The molecule has 0 spiro atoms. The van der Waals surface area contributed by atoms with Gasteiger partial charge >= 0.3 is 19.8 Å². The lowest BCUT2D eigenvalue weighted by molar-refractivity contribution is -0.161. The number of carbonyl (C=O) groups is 2. The van der Waals surface area contributed by atoms with E-state index in [9.17, 15) is 14.2 Å². The van der Waals surface area contributed by atoms with Crippen LogP contribution in [0.15, 0.2) is 0 Å². The van der Waals surface area contributed by atoms with Crippen LogP contribution in [0.2, 0.25) is 0 Å². The highest BCUT2D eigenvalue weighted by Gasteiger charge is 2.23. The zero-order valence-corrected chi connectivity index (χ0v) is 34.6. The molecule has 2 N–H and O–H groups in total. The molecule has 8 nitrogen and oxygen atoms in total. The molecule has 0 aliphatic carbocycles. The second kappa shape index (κ2) is 37.4. The first-order chi connectivity index (χ1) is 24.6. The number of carbonyl (C=O) groups excluding carboxylic acids is 2. The van der Waals surface area contributed by atoms with Crippen molar-refractivity contribution in [1.29, 1.82) is 0 Å². The zero-order chi connectivity index (χ0) is 37.7. The topological polar surface area (TPSA) is 119 Å². The Hall–Kier alpha value is -0.950. The Balaban J connectivity index is 3.85. The maximum Gasteiger partial charge on any atom is 0.469 e. The van der Waals surface area contributed by atoms with Crippen LogP contribution < -0.4 is 0 Å². The van der Waals surface area contributed by atoms with Crippen molar-refractivity contribution in [2.75, 3.05) is 13.2 Å². The minimum Gasteiger partial charge on any atom is -0.462 e. The van der Waals surface area contributed by atoms with Crippen molar-refractivity contribution in [3.05, 3.63) is 0 Å². The van der Waals surface area contributed by atoms with Gasteiger partial charge in [0.05, 0.1) is 6.61 Å². The van der Waals surface area contributed by atoms with Gasteiger partial charge in [-0.15, -0.1) is 0 Å². The summed E-state index contributed by atoms with van der Waals surface area (Å²) in [5.41, 5.74) is 0. The number of phosphoric acid groups is 1. The first kappa shape index (κ1) is 50.1. The number of hydrogen-bond acceptors (Lipinski definition) is 6. The van der Waals surface area contributed by atoms with Crippen LogP contribution in [0.4, 0.5) is 0 Å². The van der Waals surface area contributed by atoms with Gasteiger partial charge in [0.25, 0.3) is 0 Å². The van der Waals surface area contributed by atoms with Crippen molar-refractivity contribution in [1.82, 2.24) is 0 Å². The van der Waals surface area contributed by atoms with Gasteiger partial charge in [-0.3, -0.25) is 14.1 Å². The number of hydrogen-bond donors (Lipinski definition) is 2. The van der Waals surface area contributed by atoms with Crippen LogP contribution in [0.25, 0.3) is 0 Å². The molecule has 0 unspecified atom stereocenters. The molecule has 1 atom stereocenters. The molecule has 304 valence electrons. The monoisotopic (exact) mass is 747 g/mol. The van der Waals surface area contributed by atoms with Gasteiger partial charge in [0, 0.05) is 12.8 Å². The van der Waals surface area contributed by atoms with Gasteiger partial charge in [0.15, 0.2) is 6.10 Å². The largest absolute Gasteiger partial charge is 0.469 e. The highest BCUT2D eigenvalue weighted by Crippen LogP contribution is 2.36. The van der Waals surface area contributed by atoms with Crippen molar-refractivity contribution < 1.29 is 37.9 Å². The quantitative estimate of drug-likeness (QED) is 0.0361. The van der Waals surface area contributed by atoms with Gasteiger partial charge in [0.2, 0.25) is 0 Å². The number of rotatable bonds is 40. The molecule has 0 saturated heterocycles. The Labute approximate surface area is 315 Å². The van der Waals surface area contributed by atoms with Crippen molar-refractivity contribution in [3.8, 4) is 0 Å². The lowest BCUT2D eigenvalue weighted by Gasteiger charge is -2.18. The number of ether oxygens (including phenoxy) is 2. The van der Waals surface area contributed by atoms with E-state index < -0.39 is 32.5 Å². The van der Waals surface area contributed by atoms with E-state index in [1.54, 1.807) is 0 Å². The molecule has 0 radical (unpaired) electrons. The zero-order valence-electron chi connectivity index (χ0n) is 33.7. The summed E-state index contributed by atoms with van der Waals surface area (Å²) in [5, 5.41) is 0. The van der Waals surface area contributed by atoms with Crippen molar-refractivity contribution in [2.24, 2.45) is 5.92 Å².